The number of aliphatic hydroxyl groups is 1. The van der Waals surface area contributed by atoms with E-state index in [0.29, 0.717) is 18.7 Å². The van der Waals surface area contributed by atoms with E-state index in [2.05, 4.69) is 0 Å². The average molecular weight is 293 g/mol. The fourth-order valence-electron chi connectivity index (χ4n) is 2.52. The summed E-state index contributed by atoms with van der Waals surface area (Å²) in [6.07, 6.45) is 2.47. The Kier molecular flexibility index (Phi) is 4.55. The lowest BCUT2D eigenvalue weighted by atomic mass is 10.2. The van der Waals surface area contributed by atoms with Gasteiger partial charge in [-0.05, 0) is 19.3 Å². The van der Waals surface area contributed by atoms with Crippen LogP contribution < -0.4 is 0 Å². The predicted molar refractivity (Wildman–Crippen MR) is 71.3 cm³/mol. The molecule has 0 aromatic heterocycles. The normalized spacial score (nSPS) is 30.8. The summed E-state index contributed by atoms with van der Waals surface area (Å²) in [6.45, 7) is 0.738. The van der Waals surface area contributed by atoms with Crippen molar-refractivity contribution in [1.29, 1.82) is 0 Å². The molecule has 1 unspecified atom stereocenters. The van der Waals surface area contributed by atoms with Crippen molar-refractivity contribution in [3.05, 3.63) is 0 Å². The Morgan fingerprint density at radius 1 is 1.39 bits per heavy atom. The summed E-state index contributed by atoms with van der Waals surface area (Å²) >= 11 is 1.44. The van der Waals surface area contributed by atoms with Crippen molar-refractivity contribution in [2.24, 2.45) is 0 Å². The number of likely N-dealkylation sites (tertiary alicyclic amines) is 1. The van der Waals surface area contributed by atoms with E-state index in [1.165, 1.54) is 11.8 Å². The maximum atomic E-state index is 12.0. The van der Waals surface area contributed by atoms with E-state index in [-0.39, 0.29) is 35.3 Å². The second kappa shape index (κ2) is 5.79. The molecule has 2 fully saturated rings. The van der Waals surface area contributed by atoms with Crippen LogP contribution in [0.2, 0.25) is 0 Å². The van der Waals surface area contributed by atoms with Gasteiger partial charge in [0.15, 0.2) is 9.84 Å². The van der Waals surface area contributed by atoms with E-state index < -0.39 is 9.84 Å². The molecule has 0 spiro atoms. The lowest BCUT2D eigenvalue weighted by Crippen LogP contribution is -2.39. The Labute approximate surface area is 112 Å². The molecule has 0 aromatic rings. The Morgan fingerprint density at radius 3 is 2.78 bits per heavy atom. The number of amides is 1. The number of nitrogens with zero attached hydrogens (tertiary/aromatic N) is 1. The van der Waals surface area contributed by atoms with Crippen LogP contribution in [0.25, 0.3) is 0 Å². The van der Waals surface area contributed by atoms with Crippen LogP contribution in [0.4, 0.5) is 0 Å². The molecule has 7 heteroatoms. The van der Waals surface area contributed by atoms with Gasteiger partial charge in [-0.1, -0.05) is 0 Å². The van der Waals surface area contributed by atoms with Crippen LogP contribution >= 0.6 is 11.8 Å². The number of aliphatic hydroxyl groups excluding tert-OH is 1. The number of carbonyl (C=O) groups excluding carboxylic acids is 1. The van der Waals surface area contributed by atoms with Crippen molar-refractivity contribution in [1.82, 2.24) is 4.90 Å². The summed E-state index contributed by atoms with van der Waals surface area (Å²) in [6, 6.07) is -0.0367. The zero-order valence-electron chi connectivity index (χ0n) is 10.2. The highest BCUT2D eigenvalue weighted by atomic mass is 32.2. The van der Waals surface area contributed by atoms with Gasteiger partial charge in [-0.15, -0.1) is 11.8 Å². The molecule has 1 N–H and O–H groups in total. The highest BCUT2D eigenvalue weighted by Gasteiger charge is 2.31. The zero-order chi connectivity index (χ0) is 13.2. The van der Waals surface area contributed by atoms with Gasteiger partial charge in [-0.3, -0.25) is 4.79 Å². The van der Waals surface area contributed by atoms with Gasteiger partial charge in [0.25, 0.3) is 0 Å². The summed E-state index contributed by atoms with van der Waals surface area (Å²) in [5, 5.41) is 9.22. The Morgan fingerprint density at radius 2 is 2.17 bits per heavy atom. The van der Waals surface area contributed by atoms with Crippen molar-refractivity contribution >= 4 is 27.5 Å². The number of rotatable bonds is 4. The molecule has 2 rings (SSSR count). The zero-order valence-corrected chi connectivity index (χ0v) is 11.9. The standard InChI is InChI=1S/C11H19NO4S2/c13-6-9-2-1-4-12(9)11(14)7-17-10-3-5-18(15,16)8-10/h9-10,13H,1-8H2/t9-,10?/m0/s1. The average Bonchev–Trinajstić information content (AvgIpc) is 2.92. The van der Waals surface area contributed by atoms with Crippen molar-refractivity contribution < 1.29 is 18.3 Å². The fraction of sp³-hybridized carbons (Fsp3) is 0.909. The Bertz CT molecular complexity index is 409. The number of hydrogen-bond acceptors (Lipinski definition) is 5. The van der Waals surface area contributed by atoms with Crippen LogP contribution in [0.1, 0.15) is 19.3 Å². The Balaban J connectivity index is 1.78. The molecule has 18 heavy (non-hydrogen) atoms. The predicted octanol–water partition coefficient (Wildman–Crippen LogP) is -0.110. The SMILES string of the molecule is O=C(CSC1CCS(=O)(=O)C1)N1CCC[C@H]1CO. The van der Waals surface area contributed by atoms with Crippen LogP contribution in [0.3, 0.4) is 0 Å². The lowest BCUT2D eigenvalue weighted by molar-refractivity contribution is -0.129. The topological polar surface area (TPSA) is 74.7 Å². The summed E-state index contributed by atoms with van der Waals surface area (Å²) in [4.78, 5) is 13.7. The van der Waals surface area contributed by atoms with E-state index in [9.17, 15) is 13.2 Å². The lowest BCUT2D eigenvalue weighted by Gasteiger charge is -2.23. The molecule has 0 aromatic carbocycles. The summed E-state index contributed by atoms with van der Waals surface area (Å²) in [7, 11) is -2.86. The monoisotopic (exact) mass is 293 g/mol. The first-order chi connectivity index (χ1) is 8.52. The van der Waals surface area contributed by atoms with Crippen molar-refractivity contribution in [2.45, 2.75) is 30.6 Å². The number of sulfone groups is 1. The third kappa shape index (κ3) is 3.39. The van der Waals surface area contributed by atoms with Crippen LogP contribution in [-0.2, 0) is 14.6 Å². The minimum absolute atomic E-state index is 0.0220. The molecule has 2 aliphatic rings. The van der Waals surface area contributed by atoms with E-state index in [4.69, 9.17) is 5.11 Å². The second-order valence-corrected chi connectivity index (χ2v) is 8.42. The summed E-state index contributed by atoms with van der Waals surface area (Å²) < 4.78 is 22.6. The smallest absolute Gasteiger partial charge is 0.232 e. The highest BCUT2D eigenvalue weighted by Crippen LogP contribution is 2.25. The molecular formula is C11H19NO4S2. The van der Waals surface area contributed by atoms with Gasteiger partial charge >= 0.3 is 0 Å². The van der Waals surface area contributed by atoms with E-state index >= 15 is 0 Å². The number of carbonyl (C=O) groups is 1. The fourth-order valence-corrected chi connectivity index (χ4v) is 6.05. The first kappa shape index (κ1) is 14.1. The Hall–Kier alpha value is -0.270. The number of thioether (sulfide) groups is 1. The van der Waals surface area contributed by atoms with Gasteiger partial charge < -0.3 is 10.0 Å². The van der Waals surface area contributed by atoms with Crippen LogP contribution in [-0.4, -0.2) is 66.0 Å². The first-order valence-electron chi connectivity index (χ1n) is 6.24. The summed E-state index contributed by atoms with van der Waals surface area (Å²) in [5.41, 5.74) is 0. The molecule has 1 amide bonds. The second-order valence-electron chi connectivity index (χ2n) is 4.90. The molecule has 2 atom stereocenters. The molecule has 5 nitrogen and oxygen atoms in total. The molecule has 104 valence electrons. The van der Waals surface area contributed by atoms with Crippen molar-refractivity contribution in [3.8, 4) is 0 Å². The molecule has 2 saturated heterocycles. The van der Waals surface area contributed by atoms with Gasteiger partial charge in [0.1, 0.15) is 0 Å². The van der Waals surface area contributed by atoms with Crippen LogP contribution in [0.15, 0.2) is 0 Å². The maximum Gasteiger partial charge on any atom is 0.232 e. The molecule has 0 bridgehead atoms. The largest absolute Gasteiger partial charge is 0.394 e. The number of hydrogen-bond donors (Lipinski definition) is 1. The van der Waals surface area contributed by atoms with E-state index in [0.717, 1.165) is 12.8 Å². The van der Waals surface area contributed by atoms with E-state index in [1.54, 1.807) is 4.90 Å². The first-order valence-corrected chi connectivity index (χ1v) is 9.11. The van der Waals surface area contributed by atoms with Crippen LogP contribution in [0.5, 0.6) is 0 Å². The summed E-state index contributed by atoms with van der Waals surface area (Å²) in [5.74, 6) is 0.813. The molecule has 0 aliphatic carbocycles. The highest BCUT2D eigenvalue weighted by molar-refractivity contribution is 8.02. The van der Waals surface area contributed by atoms with Gasteiger partial charge in [-0.2, -0.15) is 0 Å². The van der Waals surface area contributed by atoms with E-state index in [1.807, 2.05) is 0 Å². The minimum Gasteiger partial charge on any atom is -0.394 e. The third-order valence-corrected chi connectivity index (χ3v) is 6.81. The quantitative estimate of drug-likeness (QED) is 0.783. The molecule has 2 aliphatic heterocycles. The molecular weight excluding hydrogens is 274 g/mol. The van der Waals surface area contributed by atoms with Crippen LogP contribution in [0, 0.1) is 0 Å². The van der Waals surface area contributed by atoms with Crippen molar-refractivity contribution in [3.63, 3.8) is 0 Å². The van der Waals surface area contributed by atoms with Gasteiger partial charge in [0.2, 0.25) is 5.91 Å². The molecule has 2 heterocycles. The van der Waals surface area contributed by atoms with Crippen molar-refractivity contribution in [2.75, 3.05) is 30.4 Å². The molecule has 0 saturated carbocycles. The third-order valence-electron chi connectivity index (χ3n) is 3.54. The minimum atomic E-state index is -2.86. The van der Waals surface area contributed by atoms with Gasteiger partial charge in [0.05, 0.1) is 29.9 Å². The van der Waals surface area contributed by atoms with Gasteiger partial charge in [0, 0.05) is 11.8 Å². The molecule has 0 radical (unpaired) electrons. The maximum absolute atomic E-state index is 12.0. The van der Waals surface area contributed by atoms with Gasteiger partial charge in [-0.25, -0.2) is 8.42 Å².